The second kappa shape index (κ2) is 7.60. The van der Waals surface area contributed by atoms with E-state index in [1.165, 1.54) is 18.6 Å². The number of carbonyl (C=O) groups excluding carboxylic acids is 1. The first-order valence-corrected chi connectivity index (χ1v) is 6.89. The Kier molecular flexibility index (Phi) is 6.43. The second-order valence-electron chi connectivity index (χ2n) is 5.50. The fourth-order valence-corrected chi connectivity index (χ4v) is 2.83. The highest BCUT2D eigenvalue weighted by molar-refractivity contribution is 5.91. The average Bonchev–Trinajstić information content (AvgIpc) is 2.42. The van der Waals surface area contributed by atoms with E-state index in [-0.39, 0.29) is 29.5 Å². The van der Waals surface area contributed by atoms with Crippen LogP contribution in [0.1, 0.15) is 38.5 Å². The Morgan fingerprint density at radius 3 is 2.35 bits per heavy atom. The predicted molar refractivity (Wildman–Crippen MR) is 81.5 cm³/mol. The summed E-state index contributed by atoms with van der Waals surface area (Å²) in [5.74, 6) is -0.331. The van der Waals surface area contributed by atoms with Crippen molar-refractivity contribution in [2.24, 2.45) is 11.1 Å². The molecule has 0 aromatic heterocycles. The van der Waals surface area contributed by atoms with E-state index in [2.05, 4.69) is 5.32 Å². The molecule has 112 valence electrons. The van der Waals surface area contributed by atoms with E-state index in [0.717, 1.165) is 25.7 Å². The van der Waals surface area contributed by atoms with Crippen molar-refractivity contribution >= 4 is 24.0 Å². The van der Waals surface area contributed by atoms with Crippen LogP contribution in [0.15, 0.2) is 24.3 Å². The fraction of sp³-hybridized carbons (Fsp3) is 0.533. The van der Waals surface area contributed by atoms with Crippen molar-refractivity contribution in [2.45, 2.75) is 38.5 Å². The fourth-order valence-electron chi connectivity index (χ4n) is 2.83. The zero-order valence-corrected chi connectivity index (χ0v) is 12.3. The minimum atomic E-state index is -0.302. The van der Waals surface area contributed by atoms with Gasteiger partial charge in [0.25, 0.3) is 0 Å². The maximum absolute atomic E-state index is 12.8. The molecule has 1 aromatic carbocycles. The highest BCUT2D eigenvalue weighted by Crippen LogP contribution is 2.38. The van der Waals surface area contributed by atoms with Gasteiger partial charge in [0, 0.05) is 12.1 Å². The molecule has 0 spiro atoms. The van der Waals surface area contributed by atoms with Crippen molar-refractivity contribution in [3.05, 3.63) is 30.1 Å². The zero-order chi connectivity index (χ0) is 13.7. The van der Waals surface area contributed by atoms with Crippen molar-refractivity contribution in [1.29, 1.82) is 0 Å². The number of hydrogen-bond donors (Lipinski definition) is 2. The summed E-state index contributed by atoms with van der Waals surface area (Å²) < 4.78 is 12.8. The molecule has 1 saturated carbocycles. The summed E-state index contributed by atoms with van der Waals surface area (Å²) in [5, 5.41) is 2.81. The normalized spacial score (nSPS) is 17.1. The largest absolute Gasteiger partial charge is 0.330 e. The van der Waals surface area contributed by atoms with E-state index in [4.69, 9.17) is 5.73 Å². The molecule has 0 atom stereocenters. The Morgan fingerprint density at radius 2 is 1.80 bits per heavy atom. The van der Waals surface area contributed by atoms with Gasteiger partial charge < -0.3 is 11.1 Å². The SMILES string of the molecule is Cl.NCC1(CC(=O)Nc2ccc(F)cc2)CCCCC1. The first kappa shape index (κ1) is 16.9. The number of halogens is 2. The van der Waals surface area contributed by atoms with Crippen LogP contribution >= 0.6 is 12.4 Å². The highest BCUT2D eigenvalue weighted by atomic mass is 35.5. The summed E-state index contributed by atoms with van der Waals surface area (Å²) in [6.45, 7) is 0.559. The molecule has 1 aliphatic carbocycles. The van der Waals surface area contributed by atoms with E-state index in [0.29, 0.717) is 18.7 Å². The van der Waals surface area contributed by atoms with Crippen molar-refractivity contribution in [1.82, 2.24) is 0 Å². The maximum Gasteiger partial charge on any atom is 0.224 e. The number of rotatable bonds is 4. The van der Waals surface area contributed by atoms with E-state index < -0.39 is 0 Å². The number of nitrogens with one attached hydrogen (secondary N) is 1. The van der Waals surface area contributed by atoms with Gasteiger partial charge in [-0.2, -0.15) is 0 Å². The summed E-state index contributed by atoms with van der Waals surface area (Å²) in [5.41, 5.74) is 6.46. The van der Waals surface area contributed by atoms with Crippen LogP contribution in [0.3, 0.4) is 0 Å². The minimum absolute atomic E-state index is 0. The third-order valence-corrected chi connectivity index (χ3v) is 4.01. The van der Waals surface area contributed by atoms with Crippen molar-refractivity contribution in [2.75, 3.05) is 11.9 Å². The summed E-state index contributed by atoms with van der Waals surface area (Å²) in [4.78, 5) is 12.1. The van der Waals surface area contributed by atoms with E-state index in [1.807, 2.05) is 0 Å². The molecular formula is C15H22ClFN2O. The third-order valence-electron chi connectivity index (χ3n) is 4.01. The average molecular weight is 301 g/mol. The number of anilines is 1. The summed E-state index contributed by atoms with van der Waals surface area (Å²) >= 11 is 0. The van der Waals surface area contributed by atoms with Gasteiger partial charge in [-0.05, 0) is 49.1 Å². The van der Waals surface area contributed by atoms with Crippen LogP contribution in [0, 0.1) is 11.2 Å². The van der Waals surface area contributed by atoms with E-state index >= 15 is 0 Å². The van der Waals surface area contributed by atoms with Crippen LogP contribution in [0.4, 0.5) is 10.1 Å². The lowest BCUT2D eigenvalue weighted by atomic mass is 9.71. The van der Waals surface area contributed by atoms with E-state index in [9.17, 15) is 9.18 Å². The molecule has 1 aromatic rings. The van der Waals surface area contributed by atoms with Crippen molar-refractivity contribution in [3.8, 4) is 0 Å². The van der Waals surface area contributed by atoms with Crippen molar-refractivity contribution in [3.63, 3.8) is 0 Å². The lowest BCUT2D eigenvalue weighted by Crippen LogP contribution is -2.36. The number of amides is 1. The maximum atomic E-state index is 12.8. The van der Waals surface area contributed by atoms with Gasteiger partial charge in [0.05, 0.1) is 0 Å². The minimum Gasteiger partial charge on any atom is -0.330 e. The number of hydrogen-bond acceptors (Lipinski definition) is 2. The van der Waals surface area contributed by atoms with Crippen LogP contribution in [0.25, 0.3) is 0 Å². The molecule has 3 nitrogen and oxygen atoms in total. The zero-order valence-electron chi connectivity index (χ0n) is 11.5. The second-order valence-corrected chi connectivity index (χ2v) is 5.50. The standard InChI is InChI=1S/C15H21FN2O.ClH/c16-12-4-6-13(7-5-12)18-14(19)10-15(11-17)8-2-1-3-9-15;/h4-7H,1-3,8-11,17H2,(H,18,19);1H. The summed E-state index contributed by atoms with van der Waals surface area (Å²) in [6.07, 6.45) is 6.06. The van der Waals surface area contributed by atoms with Crippen LogP contribution in [0.5, 0.6) is 0 Å². The number of benzene rings is 1. The molecule has 0 heterocycles. The molecule has 5 heteroatoms. The molecule has 3 N–H and O–H groups in total. The molecule has 1 aliphatic rings. The molecule has 0 bridgehead atoms. The quantitative estimate of drug-likeness (QED) is 0.894. The first-order valence-electron chi connectivity index (χ1n) is 6.89. The van der Waals surface area contributed by atoms with E-state index in [1.54, 1.807) is 12.1 Å². The molecular weight excluding hydrogens is 279 g/mol. The Hall–Kier alpha value is -1.13. The van der Waals surface area contributed by atoms with Gasteiger partial charge in [0.2, 0.25) is 5.91 Å². The van der Waals surface area contributed by atoms with Gasteiger partial charge >= 0.3 is 0 Å². The van der Waals surface area contributed by atoms with Gasteiger partial charge in [0.1, 0.15) is 5.82 Å². The van der Waals surface area contributed by atoms with Gasteiger partial charge in [-0.3, -0.25) is 4.79 Å². The van der Waals surface area contributed by atoms with Gasteiger partial charge in [-0.15, -0.1) is 12.4 Å². The Labute approximate surface area is 125 Å². The number of carbonyl (C=O) groups is 1. The van der Waals surface area contributed by atoms with Crippen LogP contribution < -0.4 is 11.1 Å². The molecule has 20 heavy (non-hydrogen) atoms. The molecule has 0 unspecified atom stereocenters. The summed E-state index contributed by atoms with van der Waals surface area (Å²) in [6, 6.07) is 5.83. The molecule has 1 fully saturated rings. The van der Waals surface area contributed by atoms with Gasteiger partial charge in [-0.1, -0.05) is 19.3 Å². The van der Waals surface area contributed by atoms with Gasteiger partial charge in [0.15, 0.2) is 0 Å². The van der Waals surface area contributed by atoms with Crippen LogP contribution in [-0.4, -0.2) is 12.5 Å². The monoisotopic (exact) mass is 300 g/mol. The summed E-state index contributed by atoms with van der Waals surface area (Å²) in [7, 11) is 0. The smallest absolute Gasteiger partial charge is 0.224 e. The van der Waals surface area contributed by atoms with Gasteiger partial charge in [-0.25, -0.2) is 4.39 Å². The Morgan fingerprint density at radius 1 is 1.20 bits per heavy atom. The molecule has 0 aliphatic heterocycles. The highest BCUT2D eigenvalue weighted by Gasteiger charge is 2.32. The Bertz CT molecular complexity index is 430. The topological polar surface area (TPSA) is 55.1 Å². The predicted octanol–water partition coefficient (Wildman–Crippen LogP) is 3.49. The van der Waals surface area contributed by atoms with Crippen LogP contribution in [0.2, 0.25) is 0 Å². The molecule has 0 radical (unpaired) electrons. The Balaban J connectivity index is 0.00000200. The number of nitrogens with two attached hydrogens (primary N) is 1. The molecule has 2 rings (SSSR count). The first-order chi connectivity index (χ1) is 9.13. The molecule has 1 amide bonds. The van der Waals surface area contributed by atoms with Crippen LogP contribution in [-0.2, 0) is 4.79 Å². The molecule has 0 saturated heterocycles. The lowest BCUT2D eigenvalue weighted by molar-refractivity contribution is -0.118. The van der Waals surface area contributed by atoms with Crippen molar-refractivity contribution < 1.29 is 9.18 Å². The third kappa shape index (κ3) is 4.46. The lowest BCUT2D eigenvalue weighted by Gasteiger charge is -2.35.